The van der Waals surface area contributed by atoms with E-state index in [-0.39, 0.29) is 18.4 Å². The van der Waals surface area contributed by atoms with Gasteiger partial charge in [-0.1, -0.05) is 18.2 Å². The second-order valence-corrected chi connectivity index (χ2v) is 9.39. The molecule has 3 aromatic rings. The maximum Gasteiger partial charge on any atom is 0.290 e. The SMILES string of the molecule is COc1cccc(CN2C(=O)C(O)=CC2(C(=O)c2ccc3c(c2)CC(C)O3)c2ccc(OC)c(OC)c2)c1. The average Bonchev–Trinajstić information content (AvgIpc) is 3.43. The maximum atomic E-state index is 14.5. The summed E-state index contributed by atoms with van der Waals surface area (Å²) in [6.45, 7) is 2.01. The molecule has 8 nitrogen and oxygen atoms in total. The number of rotatable bonds is 8. The van der Waals surface area contributed by atoms with Crippen molar-refractivity contribution in [3.8, 4) is 23.0 Å². The van der Waals surface area contributed by atoms with E-state index < -0.39 is 17.2 Å². The van der Waals surface area contributed by atoms with Gasteiger partial charge in [0.1, 0.15) is 17.6 Å². The standard InChI is InChI=1S/C30H29NO7/c1-18-12-21-14-20(8-10-25(21)38-18)28(33)30(22-9-11-26(36-3)27(15-22)37-4)16-24(32)29(34)31(30)17-19-6-5-7-23(13-19)35-2/h5-11,13-16,18,32H,12,17H2,1-4H3. The number of fused-ring (bicyclic) bond motifs is 1. The van der Waals surface area contributed by atoms with Gasteiger partial charge < -0.3 is 29.0 Å². The monoisotopic (exact) mass is 515 g/mol. The number of nitrogens with zero attached hydrogens (tertiary/aromatic N) is 1. The molecule has 3 aromatic carbocycles. The minimum atomic E-state index is -1.65. The van der Waals surface area contributed by atoms with Crippen molar-refractivity contribution in [2.24, 2.45) is 0 Å². The van der Waals surface area contributed by atoms with E-state index in [0.717, 1.165) is 16.9 Å². The first kappa shape index (κ1) is 25.2. The van der Waals surface area contributed by atoms with E-state index in [4.69, 9.17) is 18.9 Å². The lowest BCUT2D eigenvalue weighted by molar-refractivity contribution is -0.131. The molecule has 0 radical (unpaired) electrons. The summed E-state index contributed by atoms with van der Waals surface area (Å²) in [5, 5.41) is 10.8. The summed E-state index contributed by atoms with van der Waals surface area (Å²) in [4.78, 5) is 29.4. The Morgan fingerprint density at radius 3 is 2.55 bits per heavy atom. The summed E-state index contributed by atoms with van der Waals surface area (Å²) < 4.78 is 22.1. The van der Waals surface area contributed by atoms with Crippen LogP contribution >= 0.6 is 0 Å². The van der Waals surface area contributed by atoms with Gasteiger partial charge in [-0.05, 0) is 66.1 Å². The summed E-state index contributed by atoms with van der Waals surface area (Å²) in [6, 6.07) is 17.6. The fraction of sp³-hybridized carbons (Fsp3) is 0.267. The molecule has 2 heterocycles. The molecule has 2 aliphatic heterocycles. The first-order valence-electron chi connectivity index (χ1n) is 12.2. The van der Waals surface area contributed by atoms with Gasteiger partial charge in [0.15, 0.2) is 28.6 Å². The van der Waals surface area contributed by atoms with Gasteiger partial charge in [-0.25, -0.2) is 0 Å². The second-order valence-electron chi connectivity index (χ2n) is 9.39. The van der Waals surface area contributed by atoms with Crippen LogP contribution in [0.5, 0.6) is 23.0 Å². The van der Waals surface area contributed by atoms with Crippen LogP contribution in [0.1, 0.15) is 34.0 Å². The quantitative estimate of drug-likeness (QED) is 0.438. The average molecular weight is 516 g/mol. The largest absolute Gasteiger partial charge is 0.503 e. The fourth-order valence-electron chi connectivity index (χ4n) is 5.20. The molecular weight excluding hydrogens is 486 g/mol. The number of ether oxygens (including phenoxy) is 4. The second kappa shape index (κ2) is 9.78. The van der Waals surface area contributed by atoms with Crippen molar-refractivity contribution < 1.29 is 33.6 Å². The third-order valence-electron chi connectivity index (χ3n) is 7.04. The van der Waals surface area contributed by atoms with E-state index >= 15 is 0 Å². The van der Waals surface area contributed by atoms with Crippen LogP contribution in [-0.2, 0) is 23.3 Å². The lowest BCUT2D eigenvalue weighted by atomic mass is 9.81. The van der Waals surface area contributed by atoms with E-state index in [2.05, 4.69) is 0 Å². The number of carbonyl (C=O) groups is 2. The summed E-state index contributed by atoms with van der Waals surface area (Å²) in [5.74, 6) is 0.683. The van der Waals surface area contributed by atoms with Crippen molar-refractivity contribution in [3.05, 3.63) is 94.8 Å². The highest BCUT2D eigenvalue weighted by Gasteiger charge is 2.53. The van der Waals surface area contributed by atoms with Gasteiger partial charge in [0, 0.05) is 24.6 Å². The predicted octanol–water partition coefficient (Wildman–Crippen LogP) is 4.60. The summed E-state index contributed by atoms with van der Waals surface area (Å²) in [7, 11) is 4.58. The van der Waals surface area contributed by atoms with Gasteiger partial charge in [-0.15, -0.1) is 0 Å². The van der Waals surface area contributed by atoms with Crippen LogP contribution in [0.25, 0.3) is 0 Å². The zero-order valence-electron chi connectivity index (χ0n) is 21.7. The molecule has 1 N–H and O–H groups in total. The van der Waals surface area contributed by atoms with Gasteiger partial charge >= 0.3 is 0 Å². The van der Waals surface area contributed by atoms with Crippen LogP contribution in [0.2, 0.25) is 0 Å². The van der Waals surface area contributed by atoms with E-state index in [1.165, 1.54) is 25.2 Å². The highest BCUT2D eigenvalue weighted by Crippen LogP contribution is 2.44. The van der Waals surface area contributed by atoms with Crippen LogP contribution in [0.3, 0.4) is 0 Å². The molecule has 5 rings (SSSR count). The number of benzene rings is 3. The Morgan fingerprint density at radius 2 is 1.82 bits per heavy atom. The Morgan fingerprint density at radius 1 is 1.03 bits per heavy atom. The maximum absolute atomic E-state index is 14.5. The van der Waals surface area contributed by atoms with Gasteiger partial charge in [0.05, 0.1) is 21.3 Å². The van der Waals surface area contributed by atoms with Crippen molar-refractivity contribution in [1.82, 2.24) is 4.90 Å². The van der Waals surface area contributed by atoms with E-state index in [9.17, 15) is 14.7 Å². The molecule has 2 atom stereocenters. The minimum Gasteiger partial charge on any atom is -0.503 e. The number of aliphatic hydroxyl groups excluding tert-OH is 1. The Balaban J connectivity index is 1.69. The number of Topliss-reactive ketones (excluding diaryl/α,β-unsaturated/α-hetero) is 1. The Kier molecular flexibility index (Phi) is 6.48. The first-order chi connectivity index (χ1) is 18.3. The molecule has 2 aliphatic rings. The Bertz CT molecular complexity index is 1450. The van der Waals surface area contributed by atoms with Crippen molar-refractivity contribution in [3.63, 3.8) is 0 Å². The number of hydrogen-bond donors (Lipinski definition) is 1. The van der Waals surface area contributed by atoms with Crippen LogP contribution in [0.4, 0.5) is 0 Å². The normalized spacial score (nSPS) is 20.0. The Labute approximate surface area is 221 Å². The molecule has 2 unspecified atom stereocenters. The zero-order chi connectivity index (χ0) is 27.0. The number of hydrogen-bond acceptors (Lipinski definition) is 7. The number of methoxy groups -OCH3 is 3. The molecule has 0 aliphatic carbocycles. The summed E-state index contributed by atoms with van der Waals surface area (Å²) in [6.07, 6.45) is 2.01. The summed E-state index contributed by atoms with van der Waals surface area (Å²) in [5.41, 5.74) is 0.844. The van der Waals surface area contributed by atoms with Crippen LogP contribution < -0.4 is 18.9 Å². The minimum absolute atomic E-state index is 0.0109. The van der Waals surface area contributed by atoms with Crippen molar-refractivity contribution in [2.75, 3.05) is 21.3 Å². The fourth-order valence-corrected chi connectivity index (χ4v) is 5.20. The zero-order valence-corrected chi connectivity index (χ0v) is 21.7. The van der Waals surface area contributed by atoms with Gasteiger partial charge in [-0.3, -0.25) is 9.59 Å². The van der Waals surface area contributed by atoms with Gasteiger partial charge in [-0.2, -0.15) is 0 Å². The smallest absolute Gasteiger partial charge is 0.290 e. The molecule has 0 fully saturated rings. The molecule has 0 spiro atoms. The Hall–Kier alpha value is -4.46. The lowest BCUT2D eigenvalue weighted by Crippen LogP contribution is -2.49. The molecule has 0 saturated carbocycles. The third-order valence-corrected chi connectivity index (χ3v) is 7.04. The molecule has 8 heteroatoms. The molecule has 0 saturated heterocycles. The third kappa shape index (κ3) is 4.12. The lowest BCUT2D eigenvalue weighted by Gasteiger charge is -2.37. The van der Waals surface area contributed by atoms with E-state index in [1.54, 1.807) is 55.6 Å². The summed E-state index contributed by atoms with van der Waals surface area (Å²) >= 11 is 0. The van der Waals surface area contributed by atoms with Crippen LogP contribution in [0, 0.1) is 0 Å². The highest BCUT2D eigenvalue weighted by atomic mass is 16.5. The van der Waals surface area contributed by atoms with Gasteiger partial charge in [0.25, 0.3) is 5.91 Å². The number of amides is 1. The van der Waals surface area contributed by atoms with Crippen molar-refractivity contribution in [2.45, 2.75) is 31.5 Å². The molecule has 1 amide bonds. The number of ketones is 1. The van der Waals surface area contributed by atoms with Crippen molar-refractivity contribution >= 4 is 11.7 Å². The first-order valence-corrected chi connectivity index (χ1v) is 12.2. The topological polar surface area (TPSA) is 94.5 Å². The number of carbonyl (C=O) groups excluding carboxylic acids is 2. The van der Waals surface area contributed by atoms with Crippen molar-refractivity contribution in [1.29, 1.82) is 0 Å². The van der Waals surface area contributed by atoms with E-state index in [0.29, 0.717) is 34.8 Å². The molecule has 0 aromatic heterocycles. The molecule has 0 bridgehead atoms. The number of aliphatic hydroxyl groups is 1. The highest BCUT2D eigenvalue weighted by molar-refractivity contribution is 6.11. The van der Waals surface area contributed by atoms with Crippen LogP contribution in [0.15, 0.2) is 72.5 Å². The predicted molar refractivity (Wildman–Crippen MR) is 140 cm³/mol. The molecular formula is C30H29NO7. The van der Waals surface area contributed by atoms with Gasteiger partial charge in [0.2, 0.25) is 0 Å². The molecule has 38 heavy (non-hydrogen) atoms. The van der Waals surface area contributed by atoms with Crippen LogP contribution in [-0.4, -0.2) is 49.1 Å². The molecule has 196 valence electrons. The van der Waals surface area contributed by atoms with E-state index in [1.807, 2.05) is 19.1 Å².